The standard InChI is InChI=1S/C15H18F2N6O3/c16-12-5-10(6-13(17)14(12)21-3-4-25-20-9-21)23-8-11(26-15(23)24)7-22(19)2-1-18/h1-2,5-6,9,11H,3-4,7-8,18-19H2/b2-1-. The van der Waals surface area contributed by atoms with Crippen molar-refractivity contribution >= 4 is 23.8 Å². The van der Waals surface area contributed by atoms with Crippen molar-refractivity contribution in [1.29, 1.82) is 0 Å². The molecule has 2 aliphatic heterocycles. The van der Waals surface area contributed by atoms with E-state index in [-0.39, 0.29) is 37.6 Å². The highest BCUT2D eigenvalue weighted by molar-refractivity contribution is 5.90. The molecule has 26 heavy (non-hydrogen) atoms. The summed E-state index contributed by atoms with van der Waals surface area (Å²) in [5.74, 6) is 4.01. The Hall–Kier alpha value is -3.08. The lowest BCUT2D eigenvalue weighted by Crippen LogP contribution is -2.36. The van der Waals surface area contributed by atoms with Gasteiger partial charge in [0.1, 0.15) is 24.7 Å². The molecule has 4 N–H and O–H groups in total. The van der Waals surface area contributed by atoms with Gasteiger partial charge in [0.25, 0.3) is 0 Å². The second kappa shape index (κ2) is 7.44. The van der Waals surface area contributed by atoms with Crippen molar-refractivity contribution in [1.82, 2.24) is 5.01 Å². The summed E-state index contributed by atoms with van der Waals surface area (Å²) in [6.45, 7) is 0.751. The van der Waals surface area contributed by atoms with Crippen LogP contribution in [0.3, 0.4) is 0 Å². The molecule has 0 saturated carbocycles. The molecule has 3 rings (SSSR count). The SMILES string of the molecule is N/C=C\N(N)CC1CN(c2cc(F)c(N3C=NOCC3)c(F)c2)C(=O)O1. The number of nitrogens with two attached hydrogens (primary N) is 2. The van der Waals surface area contributed by atoms with E-state index in [1.54, 1.807) is 0 Å². The number of hydrogen-bond acceptors (Lipinski definition) is 8. The Morgan fingerprint density at radius 3 is 2.73 bits per heavy atom. The van der Waals surface area contributed by atoms with Crippen molar-refractivity contribution in [3.05, 3.63) is 36.2 Å². The van der Waals surface area contributed by atoms with Crippen molar-refractivity contribution in [2.45, 2.75) is 6.10 Å². The van der Waals surface area contributed by atoms with E-state index in [0.29, 0.717) is 0 Å². The number of benzene rings is 1. The van der Waals surface area contributed by atoms with E-state index >= 15 is 0 Å². The molecule has 1 aromatic carbocycles. The van der Waals surface area contributed by atoms with Gasteiger partial charge in [-0.2, -0.15) is 0 Å². The highest BCUT2D eigenvalue weighted by Crippen LogP contribution is 2.31. The third-order valence-corrected chi connectivity index (χ3v) is 3.85. The van der Waals surface area contributed by atoms with Gasteiger partial charge in [-0.05, 0) is 0 Å². The summed E-state index contributed by atoms with van der Waals surface area (Å²) in [7, 11) is 0. The minimum absolute atomic E-state index is 0.0550. The van der Waals surface area contributed by atoms with Gasteiger partial charge < -0.3 is 25.2 Å². The van der Waals surface area contributed by atoms with Crippen LogP contribution in [-0.4, -0.2) is 49.8 Å². The molecule has 11 heteroatoms. The normalized spacial score (nSPS) is 19.8. The molecule has 0 spiro atoms. The first-order valence-corrected chi connectivity index (χ1v) is 7.78. The Kier molecular flexibility index (Phi) is 5.07. The summed E-state index contributed by atoms with van der Waals surface area (Å²) in [6, 6.07) is 2.15. The lowest BCUT2D eigenvalue weighted by Gasteiger charge is -2.24. The molecule has 140 valence electrons. The Morgan fingerprint density at radius 1 is 1.38 bits per heavy atom. The van der Waals surface area contributed by atoms with Gasteiger partial charge in [0.15, 0.2) is 11.6 Å². The topological polar surface area (TPSA) is 110 Å². The molecular weight excluding hydrogens is 350 g/mol. The molecule has 1 atom stereocenters. The average Bonchev–Trinajstić information content (AvgIpc) is 2.95. The summed E-state index contributed by atoms with van der Waals surface area (Å²) in [6.07, 6.45) is 2.58. The predicted octanol–water partition coefficient (Wildman–Crippen LogP) is 0.676. The van der Waals surface area contributed by atoms with Crippen LogP contribution in [0.5, 0.6) is 0 Å². The lowest BCUT2D eigenvalue weighted by atomic mass is 10.2. The zero-order valence-corrected chi connectivity index (χ0v) is 13.7. The van der Waals surface area contributed by atoms with Crippen LogP contribution in [0.1, 0.15) is 0 Å². The average molecular weight is 368 g/mol. The van der Waals surface area contributed by atoms with Gasteiger partial charge in [0.05, 0.1) is 25.3 Å². The molecule has 0 radical (unpaired) electrons. The van der Waals surface area contributed by atoms with Gasteiger partial charge >= 0.3 is 6.09 Å². The number of hydrogen-bond donors (Lipinski definition) is 2. The molecule has 9 nitrogen and oxygen atoms in total. The molecule has 2 heterocycles. The van der Waals surface area contributed by atoms with E-state index < -0.39 is 23.8 Å². The van der Waals surface area contributed by atoms with Gasteiger partial charge in [-0.25, -0.2) is 19.4 Å². The van der Waals surface area contributed by atoms with Gasteiger partial charge in [-0.1, -0.05) is 5.16 Å². The number of carbonyl (C=O) groups is 1. The molecule has 0 bridgehead atoms. The lowest BCUT2D eigenvalue weighted by molar-refractivity contribution is 0.122. The van der Waals surface area contributed by atoms with E-state index in [9.17, 15) is 13.6 Å². The maximum absolute atomic E-state index is 14.5. The van der Waals surface area contributed by atoms with Crippen molar-refractivity contribution in [2.24, 2.45) is 16.7 Å². The Morgan fingerprint density at radius 2 is 2.12 bits per heavy atom. The maximum atomic E-state index is 14.5. The van der Waals surface area contributed by atoms with Gasteiger partial charge in [-0.15, -0.1) is 0 Å². The van der Waals surface area contributed by atoms with E-state index in [4.69, 9.17) is 21.2 Å². The van der Waals surface area contributed by atoms with Crippen molar-refractivity contribution in [3.8, 4) is 0 Å². The van der Waals surface area contributed by atoms with Crippen LogP contribution in [0.4, 0.5) is 25.0 Å². The number of nitrogens with zero attached hydrogens (tertiary/aromatic N) is 4. The van der Waals surface area contributed by atoms with Crippen LogP contribution in [-0.2, 0) is 9.57 Å². The van der Waals surface area contributed by atoms with Crippen molar-refractivity contribution in [2.75, 3.05) is 36.0 Å². The number of anilines is 2. The number of cyclic esters (lactones) is 1. The summed E-state index contributed by atoms with van der Waals surface area (Å²) in [5.41, 5.74) is 5.03. The van der Waals surface area contributed by atoms with Crippen LogP contribution >= 0.6 is 0 Å². The molecule has 1 aromatic rings. The number of amides is 1. The fraction of sp³-hybridized carbons (Fsp3) is 0.333. The van der Waals surface area contributed by atoms with Gasteiger partial charge in [0, 0.05) is 24.5 Å². The van der Waals surface area contributed by atoms with Crippen LogP contribution in [0.2, 0.25) is 0 Å². The highest BCUT2D eigenvalue weighted by atomic mass is 19.1. The number of ether oxygens (including phenoxy) is 1. The number of carbonyl (C=O) groups excluding carboxylic acids is 1. The van der Waals surface area contributed by atoms with E-state index in [1.807, 2.05) is 0 Å². The molecule has 0 aromatic heterocycles. The monoisotopic (exact) mass is 368 g/mol. The van der Waals surface area contributed by atoms with Gasteiger partial charge in [-0.3, -0.25) is 4.90 Å². The zero-order chi connectivity index (χ0) is 18.7. The van der Waals surface area contributed by atoms with E-state index in [2.05, 4.69) is 5.16 Å². The van der Waals surface area contributed by atoms with Crippen LogP contribution in [0.15, 0.2) is 29.7 Å². The van der Waals surface area contributed by atoms with Crippen LogP contribution in [0, 0.1) is 11.6 Å². The fourth-order valence-electron chi connectivity index (χ4n) is 2.73. The minimum atomic E-state index is -0.823. The predicted molar refractivity (Wildman–Crippen MR) is 90.0 cm³/mol. The second-order valence-electron chi connectivity index (χ2n) is 5.66. The summed E-state index contributed by atoms with van der Waals surface area (Å²) in [5, 5.41) is 4.79. The summed E-state index contributed by atoms with van der Waals surface area (Å²) in [4.78, 5) is 19.3. The van der Waals surface area contributed by atoms with Crippen molar-refractivity contribution in [3.63, 3.8) is 0 Å². The first-order chi connectivity index (χ1) is 12.5. The molecular formula is C15H18F2N6O3. The third-order valence-electron chi connectivity index (χ3n) is 3.85. The molecule has 2 aliphatic rings. The maximum Gasteiger partial charge on any atom is 0.414 e. The summed E-state index contributed by atoms with van der Waals surface area (Å²) < 4.78 is 34.1. The molecule has 1 unspecified atom stereocenters. The van der Waals surface area contributed by atoms with Gasteiger partial charge in [0.2, 0.25) is 0 Å². The Labute approximate surface area is 148 Å². The smallest absolute Gasteiger partial charge is 0.414 e. The molecule has 1 fully saturated rings. The summed E-state index contributed by atoms with van der Waals surface area (Å²) >= 11 is 0. The number of hydrazine groups is 1. The Bertz CT molecular complexity index is 721. The number of halogens is 2. The first kappa shape index (κ1) is 17.7. The second-order valence-corrected chi connectivity index (χ2v) is 5.66. The Balaban J connectivity index is 1.78. The zero-order valence-electron chi connectivity index (χ0n) is 13.7. The van der Waals surface area contributed by atoms with E-state index in [1.165, 1.54) is 28.6 Å². The first-order valence-electron chi connectivity index (χ1n) is 7.78. The van der Waals surface area contributed by atoms with Crippen LogP contribution < -0.4 is 21.4 Å². The molecule has 0 aliphatic carbocycles. The molecule has 1 saturated heterocycles. The fourth-order valence-corrected chi connectivity index (χ4v) is 2.73. The van der Waals surface area contributed by atoms with Crippen molar-refractivity contribution < 1.29 is 23.1 Å². The quantitative estimate of drug-likeness (QED) is 0.581. The number of oxime groups is 1. The molecule has 1 amide bonds. The van der Waals surface area contributed by atoms with Crippen LogP contribution in [0.25, 0.3) is 0 Å². The largest absolute Gasteiger partial charge is 0.442 e. The highest BCUT2D eigenvalue weighted by Gasteiger charge is 2.34. The van der Waals surface area contributed by atoms with E-state index in [0.717, 1.165) is 17.0 Å². The third kappa shape index (κ3) is 3.61. The number of rotatable bonds is 5. The minimum Gasteiger partial charge on any atom is -0.442 e.